The minimum absolute atomic E-state index is 0. The number of carbonyl (C=O) groups excluding carboxylic acids is 12. The Kier molecular flexibility index (Phi) is 272. The average molecular weight is 1340 g/mol. The molecule has 1 heterocycles. The molecule has 0 spiro atoms. The van der Waals surface area contributed by atoms with Gasteiger partial charge in [-0.3, -0.25) is 14.4 Å². The monoisotopic (exact) mass is 1340 g/mol. The fourth-order valence-electron chi connectivity index (χ4n) is 4.54. The van der Waals surface area contributed by atoms with Gasteiger partial charge in [0.2, 0.25) is 17.7 Å². The number of nitrogens with two attached hydrogens (primary N) is 4. The average Bonchev–Trinajstić information content (AvgIpc) is 3.57. The van der Waals surface area contributed by atoms with Crippen molar-refractivity contribution in [3.8, 4) is 0 Å². The molecule has 3 rings (SSSR count). The summed E-state index contributed by atoms with van der Waals surface area (Å²) in [5.74, 6) is 1.55. The molecule has 26 heteroatoms. The summed E-state index contributed by atoms with van der Waals surface area (Å²) in [5, 5.41) is 10.8. The SMILES string of the molecule is C=C.C=COC(C)(C)C.C=O.C=O.C=O.C=O.C=O.C=O.C=O.C=O.C=O.CC(=O)N(C)[C@@H](CC(C)C)C(=O)N[C@@H](C)C(=O)N1CCCCC1.CC(C)C.CC(C)O.CCC(C)C.CCc1ccccc1.CCc1ccccc1.CN.CN.CN.CN.N.N.N.N.N. The van der Waals surface area contributed by atoms with Gasteiger partial charge in [0.25, 0.3) is 0 Å². The molecule has 0 bridgehead atoms. The van der Waals surface area contributed by atoms with Crippen molar-refractivity contribution in [3.63, 3.8) is 0 Å². The summed E-state index contributed by atoms with van der Waals surface area (Å²) in [6.07, 6.45) is 8.66. The Morgan fingerprint density at radius 2 is 0.793 bits per heavy atom. The van der Waals surface area contributed by atoms with Gasteiger partial charge in [-0.05, 0) is 137 Å². The topological polar surface area (TPSA) is 532 Å². The fourth-order valence-corrected chi connectivity index (χ4v) is 4.54. The Morgan fingerprint density at radius 3 is 0.946 bits per heavy atom. The van der Waals surface area contributed by atoms with Crippen LogP contribution in [0.25, 0.3) is 0 Å². The van der Waals surface area contributed by atoms with Crippen molar-refractivity contribution in [3.05, 3.63) is 97.8 Å². The fraction of sp³-hybridized carbons (Fsp3) is 0.576. The summed E-state index contributed by atoms with van der Waals surface area (Å²) in [4.78, 5) is 112. The molecule has 0 saturated carbocycles. The smallest absolute Gasteiger partial charge is 0.244 e. The zero-order valence-electron chi connectivity index (χ0n) is 62.7. The molecule has 1 aliphatic heterocycles. The molecule has 0 unspecified atom stereocenters. The normalized spacial score (nSPS) is 8.79. The lowest BCUT2D eigenvalue weighted by Gasteiger charge is -2.32. The van der Waals surface area contributed by atoms with Gasteiger partial charge < -0.3 is 122 Å². The highest BCUT2D eigenvalue weighted by Gasteiger charge is 2.30. The van der Waals surface area contributed by atoms with E-state index in [0.29, 0.717) is 6.42 Å². The van der Waals surface area contributed by atoms with Crippen LogP contribution in [0.3, 0.4) is 0 Å². The van der Waals surface area contributed by atoms with Crippen molar-refractivity contribution in [2.24, 2.45) is 40.7 Å². The van der Waals surface area contributed by atoms with Gasteiger partial charge in [-0.25, -0.2) is 0 Å². The Bertz CT molecular complexity index is 1410. The Balaban J connectivity index is -0.0000000284. The van der Waals surface area contributed by atoms with Crippen molar-refractivity contribution < 1.29 is 67.4 Å². The molecule has 0 aliphatic carbocycles. The summed E-state index contributed by atoms with van der Waals surface area (Å²) in [6.45, 7) is 63.0. The highest BCUT2D eigenvalue weighted by molar-refractivity contribution is 5.91. The first-order chi connectivity index (χ1) is 41.4. The molecule has 2 aromatic rings. The lowest BCUT2D eigenvalue weighted by Crippen LogP contribution is -2.54. The van der Waals surface area contributed by atoms with Crippen LogP contribution in [0.2, 0.25) is 0 Å². The van der Waals surface area contributed by atoms with E-state index in [0.717, 1.165) is 57.0 Å². The number of aliphatic hydroxyl groups is 1. The van der Waals surface area contributed by atoms with E-state index in [1.54, 1.807) is 27.8 Å². The van der Waals surface area contributed by atoms with E-state index in [1.807, 2.05) is 113 Å². The molecule has 2 atom stereocenters. The number of hydrogen-bond donors (Lipinski definition) is 11. The number of likely N-dealkylation sites (N-methyl/N-ethyl adjacent to an activating group) is 1. The van der Waals surface area contributed by atoms with Gasteiger partial charge in [0.15, 0.2) is 0 Å². The van der Waals surface area contributed by atoms with Crippen molar-refractivity contribution in [2.45, 2.75) is 186 Å². The first-order valence-corrected chi connectivity index (χ1v) is 27.7. The van der Waals surface area contributed by atoms with Crippen LogP contribution in [-0.4, -0.2) is 166 Å². The molecular weight excluding hydrogens is 1180 g/mol. The third kappa shape index (κ3) is 184. The molecule has 1 saturated heterocycles. The van der Waals surface area contributed by atoms with Gasteiger partial charge in [0, 0.05) is 33.2 Å². The highest BCUT2D eigenvalue weighted by Crippen LogP contribution is 2.13. The molecule has 0 aromatic heterocycles. The van der Waals surface area contributed by atoms with E-state index in [-0.39, 0.29) is 66.1 Å². The molecule has 25 N–H and O–H groups in total. The minimum Gasteiger partial charge on any atom is -0.496 e. The molecule has 2 aromatic carbocycles. The summed E-state index contributed by atoms with van der Waals surface area (Å²) in [7, 11) is 7.63. The van der Waals surface area contributed by atoms with E-state index >= 15 is 0 Å². The second-order valence-corrected chi connectivity index (χ2v) is 17.6. The van der Waals surface area contributed by atoms with Crippen LogP contribution in [-0.2, 0) is 75.1 Å². The van der Waals surface area contributed by atoms with Crippen LogP contribution < -0.4 is 59.0 Å². The first-order valence-electron chi connectivity index (χ1n) is 27.7. The van der Waals surface area contributed by atoms with Crippen molar-refractivity contribution in [1.82, 2.24) is 45.9 Å². The van der Waals surface area contributed by atoms with E-state index < -0.39 is 12.1 Å². The van der Waals surface area contributed by atoms with Crippen LogP contribution in [0, 0.1) is 17.8 Å². The Labute approximate surface area is 563 Å². The van der Waals surface area contributed by atoms with Gasteiger partial charge in [0.1, 0.15) is 73.2 Å². The Morgan fingerprint density at radius 1 is 0.554 bits per heavy atom. The minimum atomic E-state index is -0.560. The van der Waals surface area contributed by atoms with Gasteiger partial charge in [-0.1, -0.05) is 143 Å². The number of benzene rings is 2. The number of aryl methyl sites for hydroxylation is 2. The number of aliphatic hydroxyl groups excluding tert-OH is 1. The Hall–Kier alpha value is -7.24. The van der Waals surface area contributed by atoms with Crippen molar-refractivity contribution in [2.75, 3.05) is 48.3 Å². The zero-order valence-corrected chi connectivity index (χ0v) is 62.7. The molecule has 92 heavy (non-hydrogen) atoms. The van der Waals surface area contributed by atoms with Crippen molar-refractivity contribution >= 4 is 78.8 Å². The van der Waals surface area contributed by atoms with E-state index in [4.69, 9.17) is 53.0 Å². The predicted molar refractivity (Wildman–Crippen MR) is 396 cm³/mol. The number of hydrogen-bond acceptors (Lipinski definition) is 23. The number of carbonyl (C=O) groups is 12. The number of nitrogens with one attached hydrogen (secondary N) is 1. The summed E-state index contributed by atoms with van der Waals surface area (Å²) in [6, 6.07) is 19.8. The van der Waals surface area contributed by atoms with E-state index in [2.05, 4.69) is 152 Å². The molecule has 26 nitrogen and oxygen atoms in total. The maximum Gasteiger partial charge on any atom is 0.244 e. The summed E-state index contributed by atoms with van der Waals surface area (Å²) in [5.41, 5.74) is 20.8. The van der Waals surface area contributed by atoms with Gasteiger partial charge in [-0.2, -0.15) is 0 Å². The van der Waals surface area contributed by atoms with Crippen LogP contribution in [0.15, 0.2) is 86.7 Å². The number of likely N-dealkylation sites (tertiary alicyclic amines) is 1. The summed E-state index contributed by atoms with van der Waals surface area (Å²) < 4.78 is 4.99. The maximum absolute atomic E-state index is 12.5. The van der Waals surface area contributed by atoms with E-state index in [9.17, 15) is 14.4 Å². The molecule has 1 fully saturated rings. The van der Waals surface area contributed by atoms with Crippen molar-refractivity contribution in [1.29, 1.82) is 0 Å². The van der Waals surface area contributed by atoms with Crippen LogP contribution >= 0.6 is 0 Å². The number of rotatable bonds is 10. The summed E-state index contributed by atoms with van der Waals surface area (Å²) >= 11 is 0. The quantitative estimate of drug-likeness (QED) is 0.0778. The molecule has 1 aliphatic rings. The van der Waals surface area contributed by atoms with Gasteiger partial charge in [-0.15, -0.1) is 13.2 Å². The third-order valence-electron chi connectivity index (χ3n) is 8.11. The lowest BCUT2D eigenvalue weighted by atomic mass is 10.0. The second-order valence-electron chi connectivity index (χ2n) is 17.6. The molecule has 3 amide bonds. The lowest BCUT2D eigenvalue weighted by molar-refractivity contribution is -0.141. The molecular formula is C66H150N12O14. The predicted octanol–water partition coefficient (Wildman–Crippen LogP) is 10.2. The molecule has 558 valence electrons. The molecule has 0 radical (unpaired) electrons. The number of nitrogens with zero attached hydrogens (tertiary/aromatic N) is 2. The zero-order chi connectivity index (χ0) is 74.6. The number of ether oxygens (including phenoxy) is 1. The van der Waals surface area contributed by atoms with Crippen LogP contribution in [0.5, 0.6) is 0 Å². The highest BCUT2D eigenvalue weighted by atomic mass is 16.5. The maximum atomic E-state index is 12.5. The third-order valence-corrected chi connectivity index (χ3v) is 8.11. The van der Waals surface area contributed by atoms with Crippen LogP contribution in [0.1, 0.15) is 161 Å². The van der Waals surface area contributed by atoms with Crippen LogP contribution in [0.4, 0.5) is 0 Å². The van der Waals surface area contributed by atoms with E-state index in [1.165, 1.54) is 63.8 Å². The van der Waals surface area contributed by atoms with Gasteiger partial charge in [0.05, 0.1) is 11.9 Å². The largest absolute Gasteiger partial charge is 0.496 e. The van der Waals surface area contributed by atoms with Gasteiger partial charge >= 0.3 is 0 Å². The standard InChI is InChI=1S/C17H31N3O3.2C8H10.C6H12O.C5H12.C4H10.C3H8O.C2H4.4CH5N.9CH2O.5H3N/c1-12(2)11-15(19(5)14(4)21)16(22)18-13(3)17(23)20-9-7-6-8-10-20;2*1-2-8-6-4-3-5-7-8;1-5-7-6(2,3)4;1-4-5(2)3;1-4(2)3;1-3(2)4;14*1-2;;;;;/h12-13,15H,6-11H2,1-5H3,(H,18,22);2*3-7H,2H2,1H3;5H,1H2,2-4H3;5H,4H2,1-3H3;4H,1-3H3;3-4H,1-2H3;1-2H2;4*2H2,1H3;9*1H2;5*1H3/t13-,15-;;;;;;;;;;;;;;;;;;;;;;;;;/m0........................./s1. The number of amides is 3. The first kappa shape index (κ1) is 156. The second kappa shape index (κ2) is 161. The number of piperidine rings is 1.